The molecule has 0 aliphatic heterocycles. The number of carbonyl (C=O) groups is 2. The molecule has 0 aromatic carbocycles. The van der Waals surface area contributed by atoms with Crippen LogP contribution < -0.4 is 0 Å². The maximum Gasteiger partial charge on any atom is 0.364 e. The Hall–Kier alpha value is -0.910. The van der Waals surface area contributed by atoms with Gasteiger partial charge in [-0.05, 0) is 39.5 Å². The fourth-order valence-electron chi connectivity index (χ4n) is 2.66. The molecule has 0 N–H and O–H groups in total. The van der Waals surface area contributed by atoms with Gasteiger partial charge in [0.05, 0.1) is 11.9 Å². The van der Waals surface area contributed by atoms with Crippen LogP contribution in [0, 0.1) is 11.8 Å². The quantitative estimate of drug-likeness (QED) is 0.224. The molecular formula is C16H26BrNO4. The van der Waals surface area contributed by atoms with Crippen LogP contribution in [0.2, 0.25) is 0 Å². The first-order chi connectivity index (χ1) is 10.3. The van der Waals surface area contributed by atoms with Gasteiger partial charge in [-0.1, -0.05) is 40.9 Å². The number of oxime groups is 1. The van der Waals surface area contributed by atoms with Crippen LogP contribution in [-0.2, 0) is 19.2 Å². The van der Waals surface area contributed by atoms with E-state index in [1.54, 1.807) is 6.92 Å². The van der Waals surface area contributed by atoms with Gasteiger partial charge in [-0.25, -0.2) is 4.79 Å². The summed E-state index contributed by atoms with van der Waals surface area (Å²) in [6, 6.07) is 0. The number of alkyl halides is 1. The number of rotatable bonds is 7. The second-order valence-electron chi connectivity index (χ2n) is 6.37. The van der Waals surface area contributed by atoms with Crippen molar-refractivity contribution >= 4 is 33.4 Å². The van der Waals surface area contributed by atoms with Gasteiger partial charge in [0.1, 0.15) is 5.60 Å². The Balaban J connectivity index is 2.79. The minimum Gasteiger partial charge on any atom is -0.461 e. The van der Waals surface area contributed by atoms with Crippen molar-refractivity contribution in [1.82, 2.24) is 0 Å². The lowest BCUT2D eigenvalue weighted by atomic mass is 9.75. The van der Waals surface area contributed by atoms with Crippen molar-refractivity contribution in [3.05, 3.63) is 0 Å². The summed E-state index contributed by atoms with van der Waals surface area (Å²) in [5.74, 6) is -0.0536. The van der Waals surface area contributed by atoms with Crippen molar-refractivity contribution in [1.29, 1.82) is 0 Å². The van der Waals surface area contributed by atoms with Crippen LogP contribution in [0.1, 0.15) is 53.4 Å². The van der Waals surface area contributed by atoms with Crippen molar-refractivity contribution in [3.8, 4) is 0 Å². The second-order valence-corrected chi connectivity index (χ2v) is 6.93. The topological polar surface area (TPSA) is 65.0 Å². The Morgan fingerprint density at radius 3 is 2.32 bits per heavy atom. The maximum absolute atomic E-state index is 11.8. The molecule has 0 unspecified atom stereocenters. The standard InChI is InChI=1S/C16H26BrNO4/c1-5-21-15(20)14(13(19)10-17)18-22-16(3,4)12-8-6-11(2)7-9-12/h11-12H,5-10H2,1-4H3/b18-14-/t11-,12-. The average molecular weight is 376 g/mol. The zero-order chi connectivity index (χ0) is 16.8. The third-order valence-electron chi connectivity index (χ3n) is 4.23. The molecule has 0 saturated heterocycles. The predicted molar refractivity (Wildman–Crippen MR) is 89.2 cm³/mol. The average Bonchev–Trinajstić information content (AvgIpc) is 2.47. The highest BCUT2D eigenvalue weighted by Gasteiger charge is 2.35. The highest BCUT2D eigenvalue weighted by atomic mass is 79.9. The van der Waals surface area contributed by atoms with E-state index in [-0.39, 0.29) is 17.6 Å². The van der Waals surface area contributed by atoms with Gasteiger partial charge in [0.25, 0.3) is 0 Å². The molecular weight excluding hydrogens is 350 g/mol. The van der Waals surface area contributed by atoms with Gasteiger partial charge >= 0.3 is 5.97 Å². The summed E-state index contributed by atoms with van der Waals surface area (Å²) in [4.78, 5) is 29.2. The molecule has 0 spiro atoms. The van der Waals surface area contributed by atoms with Crippen LogP contribution in [0.4, 0.5) is 0 Å². The summed E-state index contributed by atoms with van der Waals surface area (Å²) >= 11 is 3.04. The van der Waals surface area contributed by atoms with Gasteiger partial charge in [-0.15, -0.1) is 0 Å². The zero-order valence-corrected chi connectivity index (χ0v) is 15.4. The van der Waals surface area contributed by atoms with E-state index >= 15 is 0 Å². The normalized spacial score (nSPS) is 23.0. The molecule has 1 rings (SSSR count). The molecule has 1 aliphatic rings. The number of esters is 1. The minimum atomic E-state index is -0.736. The third-order valence-corrected chi connectivity index (χ3v) is 4.73. The first-order valence-electron chi connectivity index (χ1n) is 7.84. The van der Waals surface area contributed by atoms with E-state index in [0.29, 0.717) is 5.92 Å². The second kappa shape index (κ2) is 8.65. The molecule has 0 amide bonds. The summed E-state index contributed by atoms with van der Waals surface area (Å²) in [5, 5.41) is 3.85. The van der Waals surface area contributed by atoms with Gasteiger partial charge in [0, 0.05) is 5.92 Å². The van der Waals surface area contributed by atoms with Gasteiger partial charge < -0.3 is 9.57 Å². The highest BCUT2D eigenvalue weighted by molar-refractivity contribution is 9.09. The van der Waals surface area contributed by atoms with E-state index in [2.05, 4.69) is 28.0 Å². The Kier molecular flexibility index (Phi) is 7.53. The molecule has 1 fully saturated rings. The van der Waals surface area contributed by atoms with Crippen molar-refractivity contribution in [2.75, 3.05) is 11.9 Å². The molecule has 0 atom stereocenters. The molecule has 0 aromatic rings. The Bertz CT molecular complexity index is 426. The predicted octanol–water partition coefficient (Wildman–Crippen LogP) is 3.49. The van der Waals surface area contributed by atoms with Gasteiger partial charge in [0.15, 0.2) is 0 Å². The Labute approximate surface area is 140 Å². The van der Waals surface area contributed by atoms with Gasteiger partial charge in [-0.3, -0.25) is 4.79 Å². The van der Waals surface area contributed by atoms with Crippen LogP contribution in [0.15, 0.2) is 5.16 Å². The largest absolute Gasteiger partial charge is 0.461 e. The van der Waals surface area contributed by atoms with Crippen molar-refractivity contribution in [2.24, 2.45) is 17.0 Å². The van der Waals surface area contributed by atoms with Crippen LogP contribution in [0.5, 0.6) is 0 Å². The molecule has 5 nitrogen and oxygen atoms in total. The van der Waals surface area contributed by atoms with Crippen LogP contribution in [0.3, 0.4) is 0 Å². The van der Waals surface area contributed by atoms with Crippen molar-refractivity contribution < 1.29 is 19.2 Å². The number of nitrogens with zero attached hydrogens (tertiary/aromatic N) is 1. The molecule has 22 heavy (non-hydrogen) atoms. The molecule has 126 valence electrons. The first kappa shape index (κ1) is 19.1. The van der Waals surface area contributed by atoms with Crippen LogP contribution in [0.25, 0.3) is 0 Å². The van der Waals surface area contributed by atoms with E-state index in [9.17, 15) is 9.59 Å². The highest BCUT2D eigenvalue weighted by Crippen LogP contribution is 2.37. The first-order valence-corrected chi connectivity index (χ1v) is 8.96. The van der Waals surface area contributed by atoms with Crippen LogP contribution >= 0.6 is 15.9 Å². The SMILES string of the molecule is CCOC(=O)/C(=N\OC(C)(C)[C@H]1CC[C@H](C)CC1)C(=O)CBr. The van der Waals surface area contributed by atoms with Crippen LogP contribution in [-0.4, -0.2) is 35.0 Å². The number of halogens is 1. The van der Waals surface area contributed by atoms with E-state index in [1.165, 1.54) is 12.8 Å². The fourth-order valence-corrected chi connectivity index (χ4v) is 2.92. The third kappa shape index (κ3) is 5.38. The summed E-state index contributed by atoms with van der Waals surface area (Å²) < 4.78 is 4.86. The summed E-state index contributed by atoms with van der Waals surface area (Å²) in [7, 11) is 0. The molecule has 0 bridgehead atoms. The number of ether oxygens (including phenoxy) is 1. The van der Waals surface area contributed by atoms with Crippen molar-refractivity contribution in [2.45, 2.75) is 59.0 Å². The summed E-state index contributed by atoms with van der Waals surface area (Å²) in [6.07, 6.45) is 4.49. The zero-order valence-electron chi connectivity index (χ0n) is 13.9. The van der Waals surface area contributed by atoms with Gasteiger partial charge in [0.2, 0.25) is 11.5 Å². The summed E-state index contributed by atoms with van der Waals surface area (Å²) in [6.45, 7) is 8.05. The lowest BCUT2D eigenvalue weighted by Gasteiger charge is -2.36. The molecule has 1 aliphatic carbocycles. The Morgan fingerprint density at radius 1 is 1.23 bits per heavy atom. The number of hydrogen-bond acceptors (Lipinski definition) is 5. The Morgan fingerprint density at radius 2 is 1.82 bits per heavy atom. The lowest BCUT2D eigenvalue weighted by Crippen LogP contribution is -2.37. The molecule has 0 radical (unpaired) electrons. The smallest absolute Gasteiger partial charge is 0.364 e. The van der Waals surface area contributed by atoms with Gasteiger partial charge in [-0.2, -0.15) is 0 Å². The summed E-state index contributed by atoms with van der Waals surface area (Å²) in [5.41, 5.74) is -0.791. The minimum absolute atomic E-state index is 0.00931. The number of hydrogen-bond donors (Lipinski definition) is 0. The molecule has 6 heteroatoms. The van der Waals surface area contributed by atoms with Crippen molar-refractivity contribution in [3.63, 3.8) is 0 Å². The number of ketones is 1. The van der Waals surface area contributed by atoms with E-state index in [0.717, 1.165) is 18.8 Å². The molecule has 0 heterocycles. The monoisotopic (exact) mass is 375 g/mol. The molecule has 0 aromatic heterocycles. The van der Waals surface area contributed by atoms with E-state index in [1.807, 2.05) is 13.8 Å². The van der Waals surface area contributed by atoms with E-state index < -0.39 is 17.4 Å². The maximum atomic E-state index is 11.8. The number of carbonyl (C=O) groups excluding carboxylic acids is 2. The van der Waals surface area contributed by atoms with E-state index in [4.69, 9.17) is 9.57 Å². The fraction of sp³-hybridized carbons (Fsp3) is 0.812. The molecule has 1 saturated carbocycles. The lowest BCUT2D eigenvalue weighted by molar-refractivity contribution is -0.136. The number of Topliss-reactive ketones (excluding diaryl/α,β-unsaturated/α-hetero) is 1.